The molecule has 0 spiro atoms. The molecule has 0 aliphatic heterocycles. The summed E-state index contributed by atoms with van der Waals surface area (Å²) in [4.78, 5) is 20.0. The first-order valence-corrected chi connectivity index (χ1v) is 19.9. The van der Waals surface area contributed by atoms with E-state index in [4.69, 9.17) is 19.9 Å². The fraction of sp³-hybridized carbons (Fsp3) is 0. The SMILES string of the molecule is N#Cc1ccc2cc(-c3ccc(-c4cc5c6ccccc6c(-c6cccc(-c7nc(-c8ccccc8)nc(-c8ccccc8)n7)c6)cc5c5cccnc45)cc3)ccc2c1. The Bertz CT molecular complexity index is 3420. The molecule has 11 aromatic rings. The van der Waals surface area contributed by atoms with E-state index in [2.05, 4.69) is 115 Å². The normalized spacial score (nSPS) is 11.3. The van der Waals surface area contributed by atoms with Gasteiger partial charge >= 0.3 is 0 Å². The minimum atomic E-state index is 0.620. The van der Waals surface area contributed by atoms with Gasteiger partial charge in [-0.3, -0.25) is 4.98 Å². The second-order valence-corrected chi connectivity index (χ2v) is 15.0. The van der Waals surface area contributed by atoms with E-state index >= 15 is 0 Å². The van der Waals surface area contributed by atoms with Crippen LogP contribution in [0.2, 0.25) is 0 Å². The molecule has 11 rings (SSSR count). The molecule has 0 unspecified atom stereocenters. The second-order valence-electron chi connectivity index (χ2n) is 15.0. The quantitative estimate of drug-likeness (QED) is 0.158. The van der Waals surface area contributed by atoms with E-state index in [1.807, 2.05) is 91.1 Å². The summed E-state index contributed by atoms with van der Waals surface area (Å²) in [6.07, 6.45) is 1.88. The van der Waals surface area contributed by atoms with Gasteiger partial charge in [0.2, 0.25) is 0 Å². The zero-order chi connectivity index (χ0) is 40.0. The molecule has 0 aliphatic rings. The molecule has 0 amide bonds. The molecule has 60 heavy (non-hydrogen) atoms. The zero-order valence-corrected chi connectivity index (χ0v) is 32.3. The average Bonchev–Trinajstić information content (AvgIpc) is 3.33. The number of pyridine rings is 1. The molecule has 5 nitrogen and oxygen atoms in total. The van der Waals surface area contributed by atoms with Crippen molar-refractivity contribution in [2.24, 2.45) is 0 Å². The molecule has 2 heterocycles. The van der Waals surface area contributed by atoms with Crippen LogP contribution in [0.4, 0.5) is 0 Å². The van der Waals surface area contributed by atoms with E-state index in [0.29, 0.717) is 23.0 Å². The van der Waals surface area contributed by atoms with Gasteiger partial charge < -0.3 is 0 Å². The molecule has 9 aromatic carbocycles. The van der Waals surface area contributed by atoms with E-state index in [9.17, 15) is 5.26 Å². The van der Waals surface area contributed by atoms with E-state index < -0.39 is 0 Å². The number of fused-ring (bicyclic) bond motifs is 6. The lowest BCUT2D eigenvalue weighted by Gasteiger charge is -2.16. The van der Waals surface area contributed by atoms with Crippen molar-refractivity contribution in [2.75, 3.05) is 0 Å². The first kappa shape index (κ1) is 34.9. The molecule has 0 aliphatic carbocycles. The Morgan fingerprint density at radius 1 is 0.333 bits per heavy atom. The number of nitrogens with zero attached hydrogens (tertiary/aromatic N) is 5. The zero-order valence-electron chi connectivity index (χ0n) is 32.3. The summed E-state index contributed by atoms with van der Waals surface area (Å²) in [5.41, 5.74) is 11.1. The number of nitriles is 1. The van der Waals surface area contributed by atoms with Crippen LogP contribution in [0.1, 0.15) is 5.56 Å². The number of aromatic nitrogens is 4. The lowest BCUT2D eigenvalue weighted by atomic mass is 9.88. The fourth-order valence-electron chi connectivity index (χ4n) is 8.39. The van der Waals surface area contributed by atoms with Gasteiger partial charge in [-0.2, -0.15) is 5.26 Å². The summed E-state index contributed by atoms with van der Waals surface area (Å²) in [5, 5.41) is 17.3. The van der Waals surface area contributed by atoms with Crippen molar-refractivity contribution in [3.05, 3.63) is 206 Å². The Morgan fingerprint density at radius 2 is 0.883 bits per heavy atom. The first-order chi connectivity index (χ1) is 29.7. The van der Waals surface area contributed by atoms with Crippen LogP contribution >= 0.6 is 0 Å². The molecule has 278 valence electrons. The molecule has 0 saturated carbocycles. The summed E-state index contributed by atoms with van der Waals surface area (Å²) in [6, 6.07) is 69.4. The predicted molar refractivity (Wildman–Crippen MR) is 245 cm³/mol. The van der Waals surface area contributed by atoms with E-state index in [1.54, 1.807) is 0 Å². The van der Waals surface area contributed by atoms with Crippen LogP contribution in [0, 0.1) is 11.3 Å². The topological polar surface area (TPSA) is 75.3 Å². The molecular formula is C55H33N5. The molecular weight excluding hydrogens is 731 g/mol. The van der Waals surface area contributed by atoms with Gasteiger partial charge in [0.15, 0.2) is 17.5 Å². The van der Waals surface area contributed by atoms with Crippen molar-refractivity contribution >= 4 is 43.2 Å². The maximum Gasteiger partial charge on any atom is 0.164 e. The van der Waals surface area contributed by atoms with Crippen LogP contribution in [0.15, 0.2) is 200 Å². The van der Waals surface area contributed by atoms with Crippen LogP contribution in [0.5, 0.6) is 0 Å². The molecule has 0 fully saturated rings. The maximum absolute atomic E-state index is 9.34. The molecule has 5 heteroatoms. The highest BCUT2D eigenvalue weighted by molar-refractivity contribution is 6.23. The largest absolute Gasteiger partial charge is 0.256 e. The predicted octanol–water partition coefficient (Wildman–Crippen LogP) is 13.8. The number of hydrogen-bond acceptors (Lipinski definition) is 5. The van der Waals surface area contributed by atoms with Crippen LogP contribution in [0.3, 0.4) is 0 Å². The van der Waals surface area contributed by atoms with Crippen molar-refractivity contribution in [1.29, 1.82) is 5.26 Å². The van der Waals surface area contributed by atoms with Gasteiger partial charge in [-0.15, -0.1) is 0 Å². The summed E-state index contributed by atoms with van der Waals surface area (Å²) in [6.45, 7) is 0. The summed E-state index contributed by atoms with van der Waals surface area (Å²) in [5.74, 6) is 1.89. The van der Waals surface area contributed by atoms with Crippen molar-refractivity contribution < 1.29 is 0 Å². The van der Waals surface area contributed by atoms with Gasteiger partial charge in [-0.1, -0.05) is 152 Å². The highest BCUT2D eigenvalue weighted by Gasteiger charge is 2.17. The number of rotatable bonds is 6. The van der Waals surface area contributed by atoms with Gasteiger partial charge in [0.05, 0.1) is 17.1 Å². The maximum atomic E-state index is 9.34. The Balaban J connectivity index is 1.03. The number of hydrogen-bond donors (Lipinski definition) is 0. The minimum absolute atomic E-state index is 0.620. The van der Waals surface area contributed by atoms with Crippen LogP contribution < -0.4 is 0 Å². The van der Waals surface area contributed by atoms with E-state index in [-0.39, 0.29) is 0 Å². The monoisotopic (exact) mass is 763 g/mol. The third kappa shape index (κ3) is 6.21. The second kappa shape index (κ2) is 14.6. The van der Waals surface area contributed by atoms with Crippen LogP contribution in [-0.4, -0.2) is 19.9 Å². The third-order valence-electron chi connectivity index (χ3n) is 11.4. The fourth-order valence-corrected chi connectivity index (χ4v) is 8.39. The lowest BCUT2D eigenvalue weighted by molar-refractivity contribution is 1.07. The Labute approximate surface area is 346 Å². The van der Waals surface area contributed by atoms with Gasteiger partial charge in [0.25, 0.3) is 0 Å². The first-order valence-electron chi connectivity index (χ1n) is 19.9. The van der Waals surface area contributed by atoms with Crippen LogP contribution in [-0.2, 0) is 0 Å². The lowest BCUT2D eigenvalue weighted by Crippen LogP contribution is -2.00. The van der Waals surface area contributed by atoms with Crippen molar-refractivity contribution in [3.8, 4) is 73.6 Å². The van der Waals surface area contributed by atoms with Gasteiger partial charge in [-0.05, 0) is 103 Å². The van der Waals surface area contributed by atoms with Crippen molar-refractivity contribution in [3.63, 3.8) is 0 Å². The Morgan fingerprint density at radius 3 is 1.62 bits per heavy atom. The minimum Gasteiger partial charge on any atom is -0.256 e. The molecule has 2 aromatic heterocycles. The third-order valence-corrected chi connectivity index (χ3v) is 11.4. The molecule has 0 atom stereocenters. The Kier molecular flexibility index (Phi) is 8.46. The number of benzene rings is 9. The molecule has 0 saturated heterocycles. The smallest absolute Gasteiger partial charge is 0.164 e. The van der Waals surface area contributed by atoms with Gasteiger partial charge in [0, 0.05) is 33.8 Å². The molecule has 0 radical (unpaired) electrons. The Hall–Kier alpha value is -8.33. The summed E-state index contributed by atoms with van der Waals surface area (Å²) < 4.78 is 0. The van der Waals surface area contributed by atoms with E-state index in [1.165, 1.54) is 10.8 Å². The summed E-state index contributed by atoms with van der Waals surface area (Å²) in [7, 11) is 0. The van der Waals surface area contributed by atoms with Crippen molar-refractivity contribution in [2.45, 2.75) is 0 Å². The van der Waals surface area contributed by atoms with E-state index in [0.717, 1.165) is 82.5 Å². The van der Waals surface area contributed by atoms with Crippen LogP contribution in [0.25, 0.3) is 111 Å². The molecule has 0 N–H and O–H groups in total. The van der Waals surface area contributed by atoms with Gasteiger partial charge in [0.1, 0.15) is 0 Å². The van der Waals surface area contributed by atoms with Gasteiger partial charge in [-0.25, -0.2) is 15.0 Å². The highest BCUT2D eigenvalue weighted by atomic mass is 15.0. The molecule has 0 bridgehead atoms. The standard InChI is InChI=1S/C55H33N5/c56-34-35-20-21-42-30-41(27-26-40(42)29-35)36-22-24-37(25-23-36)49-33-50-46-18-8-7-17-45(46)48(32-51(50)47-19-10-28-57-52(47)49)43-15-9-16-44(31-43)55-59-53(38-11-3-1-4-12-38)58-54(60-55)39-13-5-2-6-14-39/h1-33H. The average molecular weight is 764 g/mol. The highest BCUT2D eigenvalue weighted by Crippen LogP contribution is 2.42. The van der Waals surface area contributed by atoms with Crippen molar-refractivity contribution in [1.82, 2.24) is 19.9 Å². The summed E-state index contributed by atoms with van der Waals surface area (Å²) >= 11 is 0.